The molecule has 18 heavy (non-hydrogen) atoms. The number of hydrogen-bond donors (Lipinski definition) is 1. The number of nitrogens with zero attached hydrogens (tertiary/aromatic N) is 1. The predicted molar refractivity (Wildman–Crippen MR) is 78.5 cm³/mol. The van der Waals surface area contributed by atoms with Crippen LogP contribution < -0.4 is 5.32 Å². The molecule has 0 atom stereocenters. The first-order valence-corrected chi connectivity index (χ1v) is 6.69. The van der Waals surface area contributed by atoms with Gasteiger partial charge in [-0.3, -0.25) is 4.90 Å². The van der Waals surface area contributed by atoms with Gasteiger partial charge in [0, 0.05) is 6.54 Å². The van der Waals surface area contributed by atoms with E-state index < -0.39 is 0 Å². The van der Waals surface area contributed by atoms with Crippen LogP contribution in [0.25, 0.3) is 0 Å². The topological polar surface area (TPSA) is 15.3 Å². The van der Waals surface area contributed by atoms with Crippen LogP contribution in [0, 0.1) is 12.3 Å². The third kappa shape index (κ3) is 4.91. The lowest BCUT2D eigenvalue weighted by molar-refractivity contribution is 0.299. The molecule has 0 aromatic heterocycles. The van der Waals surface area contributed by atoms with Gasteiger partial charge in [0.25, 0.3) is 0 Å². The zero-order valence-corrected chi connectivity index (χ0v) is 11.6. The Hall–Kier alpha value is -1.30. The summed E-state index contributed by atoms with van der Waals surface area (Å²) >= 11 is 0. The molecule has 1 N–H and O–H groups in total. The van der Waals surface area contributed by atoms with Crippen LogP contribution in [0.4, 0.5) is 0 Å². The number of benzene rings is 1. The lowest BCUT2D eigenvalue weighted by Crippen LogP contribution is -2.25. The van der Waals surface area contributed by atoms with Gasteiger partial charge in [-0.1, -0.05) is 37.1 Å². The summed E-state index contributed by atoms with van der Waals surface area (Å²) < 4.78 is 0. The summed E-state index contributed by atoms with van der Waals surface area (Å²) in [6.45, 7) is 5.95. The molecule has 0 aliphatic rings. The van der Waals surface area contributed by atoms with Gasteiger partial charge >= 0.3 is 0 Å². The second kappa shape index (κ2) is 8.74. The fraction of sp³-hybridized carbons (Fsp3) is 0.500. The average Bonchev–Trinajstić information content (AvgIpc) is 2.38. The van der Waals surface area contributed by atoms with E-state index in [4.69, 9.17) is 6.42 Å². The smallest absolute Gasteiger partial charge is 0.0601 e. The van der Waals surface area contributed by atoms with Crippen LogP contribution in [0.1, 0.15) is 24.5 Å². The van der Waals surface area contributed by atoms with Crippen molar-refractivity contribution in [3.63, 3.8) is 0 Å². The van der Waals surface area contributed by atoms with Crippen molar-refractivity contribution in [3.8, 4) is 12.3 Å². The Balaban J connectivity index is 2.71. The van der Waals surface area contributed by atoms with E-state index in [9.17, 15) is 0 Å². The number of nitrogens with one attached hydrogen (secondary N) is 1. The standard InChI is InChI=1S/C16H24N2/c1-4-12-18(13-5-2)14-16-9-7-6-8-15(16)10-11-17-3/h1,6-9,17H,5,10-14H2,2-3H3. The summed E-state index contributed by atoms with van der Waals surface area (Å²) in [7, 11) is 1.99. The Labute approximate surface area is 111 Å². The molecule has 0 aliphatic heterocycles. The quantitative estimate of drug-likeness (QED) is 0.706. The lowest BCUT2D eigenvalue weighted by Gasteiger charge is -2.20. The van der Waals surface area contributed by atoms with Gasteiger partial charge in [-0.15, -0.1) is 6.42 Å². The highest BCUT2D eigenvalue weighted by Gasteiger charge is 2.07. The molecule has 0 saturated heterocycles. The zero-order chi connectivity index (χ0) is 13.2. The molecule has 2 heteroatoms. The largest absolute Gasteiger partial charge is 0.319 e. The molecule has 1 rings (SSSR count). The SMILES string of the molecule is C#CCN(CCC)Cc1ccccc1CCNC. The molecule has 0 fully saturated rings. The van der Waals surface area contributed by atoms with Gasteiger partial charge in [0.15, 0.2) is 0 Å². The number of hydrogen-bond acceptors (Lipinski definition) is 2. The Morgan fingerprint density at radius 1 is 1.28 bits per heavy atom. The molecule has 0 bridgehead atoms. The minimum absolute atomic E-state index is 0.730. The van der Waals surface area contributed by atoms with E-state index in [1.54, 1.807) is 0 Å². The monoisotopic (exact) mass is 244 g/mol. The van der Waals surface area contributed by atoms with Crippen molar-refractivity contribution in [1.82, 2.24) is 10.2 Å². The Bertz CT molecular complexity index is 379. The lowest BCUT2D eigenvalue weighted by atomic mass is 10.0. The van der Waals surface area contributed by atoms with Gasteiger partial charge in [-0.25, -0.2) is 0 Å². The molecule has 0 aliphatic carbocycles. The second-order valence-electron chi connectivity index (χ2n) is 4.54. The van der Waals surface area contributed by atoms with Crippen molar-refractivity contribution in [2.45, 2.75) is 26.3 Å². The predicted octanol–water partition coefficient (Wildman–Crippen LogP) is 2.29. The number of likely N-dealkylation sites (N-methyl/N-ethyl adjacent to an activating group) is 1. The van der Waals surface area contributed by atoms with Crippen LogP contribution in [0.15, 0.2) is 24.3 Å². The van der Waals surface area contributed by atoms with E-state index in [1.807, 2.05) is 7.05 Å². The maximum atomic E-state index is 5.43. The fourth-order valence-electron chi connectivity index (χ4n) is 2.12. The first-order chi connectivity index (χ1) is 8.81. The molecular weight excluding hydrogens is 220 g/mol. The molecule has 0 spiro atoms. The summed E-state index contributed by atoms with van der Waals surface area (Å²) in [5.41, 5.74) is 2.82. The molecule has 1 aromatic carbocycles. The molecule has 0 heterocycles. The first kappa shape index (κ1) is 14.8. The van der Waals surface area contributed by atoms with Gasteiger partial charge in [-0.05, 0) is 44.1 Å². The minimum atomic E-state index is 0.730. The van der Waals surface area contributed by atoms with Crippen LogP contribution in [0.2, 0.25) is 0 Å². The van der Waals surface area contributed by atoms with Crippen molar-refractivity contribution in [1.29, 1.82) is 0 Å². The molecule has 0 radical (unpaired) electrons. The number of terminal acetylenes is 1. The summed E-state index contributed by atoms with van der Waals surface area (Å²) in [6, 6.07) is 8.65. The van der Waals surface area contributed by atoms with Gasteiger partial charge < -0.3 is 5.32 Å². The van der Waals surface area contributed by atoms with Crippen LogP contribution in [0.3, 0.4) is 0 Å². The first-order valence-electron chi connectivity index (χ1n) is 6.69. The normalized spacial score (nSPS) is 10.6. The molecule has 2 nitrogen and oxygen atoms in total. The van der Waals surface area contributed by atoms with E-state index in [1.165, 1.54) is 11.1 Å². The third-order valence-electron chi connectivity index (χ3n) is 3.01. The Morgan fingerprint density at radius 2 is 2.00 bits per heavy atom. The summed E-state index contributed by atoms with van der Waals surface area (Å²) in [5.74, 6) is 2.75. The zero-order valence-electron chi connectivity index (χ0n) is 11.6. The van der Waals surface area contributed by atoms with Gasteiger partial charge in [-0.2, -0.15) is 0 Å². The van der Waals surface area contributed by atoms with E-state index in [0.29, 0.717) is 0 Å². The number of rotatable bonds is 8. The molecule has 0 unspecified atom stereocenters. The van der Waals surface area contributed by atoms with E-state index >= 15 is 0 Å². The van der Waals surface area contributed by atoms with Crippen molar-refractivity contribution in [2.24, 2.45) is 0 Å². The molecule has 0 saturated carbocycles. The van der Waals surface area contributed by atoms with Crippen LogP contribution in [-0.2, 0) is 13.0 Å². The third-order valence-corrected chi connectivity index (χ3v) is 3.01. The summed E-state index contributed by atoms with van der Waals surface area (Å²) in [4.78, 5) is 2.33. The van der Waals surface area contributed by atoms with Crippen molar-refractivity contribution in [2.75, 3.05) is 26.7 Å². The second-order valence-corrected chi connectivity index (χ2v) is 4.54. The highest BCUT2D eigenvalue weighted by Crippen LogP contribution is 2.12. The fourth-order valence-corrected chi connectivity index (χ4v) is 2.12. The maximum absolute atomic E-state index is 5.43. The average molecular weight is 244 g/mol. The highest BCUT2D eigenvalue weighted by atomic mass is 15.1. The Morgan fingerprint density at radius 3 is 2.61 bits per heavy atom. The Kier molecular flexibility index (Phi) is 7.17. The molecule has 98 valence electrons. The summed E-state index contributed by atoms with van der Waals surface area (Å²) in [5, 5.41) is 3.20. The molecular formula is C16H24N2. The van der Waals surface area contributed by atoms with Crippen molar-refractivity contribution in [3.05, 3.63) is 35.4 Å². The van der Waals surface area contributed by atoms with Crippen molar-refractivity contribution >= 4 is 0 Å². The molecule has 1 aromatic rings. The van der Waals surface area contributed by atoms with E-state index in [2.05, 4.69) is 47.3 Å². The van der Waals surface area contributed by atoms with E-state index in [0.717, 1.165) is 39.0 Å². The maximum Gasteiger partial charge on any atom is 0.0601 e. The van der Waals surface area contributed by atoms with Gasteiger partial charge in [0.05, 0.1) is 6.54 Å². The minimum Gasteiger partial charge on any atom is -0.319 e. The molecule has 0 amide bonds. The van der Waals surface area contributed by atoms with Crippen LogP contribution >= 0.6 is 0 Å². The van der Waals surface area contributed by atoms with Crippen LogP contribution in [0.5, 0.6) is 0 Å². The van der Waals surface area contributed by atoms with E-state index in [-0.39, 0.29) is 0 Å². The van der Waals surface area contributed by atoms with Gasteiger partial charge in [0.1, 0.15) is 0 Å². The van der Waals surface area contributed by atoms with Crippen LogP contribution in [-0.4, -0.2) is 31.6 Å². The summed E-state index contributed by atoms with van der Waals surface area (Å²) in [6.07, 6.45) is 7.64. The highest BCUT2D eigenvalue weighted by molar-refractivity contribution is 5.27. The van der Waals surface area contributed by atoms with Crippen molar-refractivity contribution < 1.29 is 0 Å². The van der Waals surface area contributed by atoms with Gasteiger partial charge in [0.2, 0.25) is 0 Å².